The zero-order valence-corrected chi connectivity index (χ0v) is 8.48. The molecule has 0 aromatic heterocycles. The summed E-state index contributed by atoms with van der Waals surface area (Å²) in [7, 11) is 0. The molecular formula is C9H14N2O5. The highest BCUT2D eigenvalue weighted by Gasteiger charge is 2.44. The van der Waals surface area contributed by atoms with Crippen molar-refractivity contribution in [2.75, 3.05) is 13.2 Å². The Labute approximate surface area is 92.0 Å². The largest absolute Gasteiger partial charge is 0.432 e. The smallest absolute Gasteiger partial charge is 0.291 e. The Kier molecular flexibility index (Phi) is 3.39. The summed E-state index contributed by atoms with van der Waals surface area (Å²) in [5, 5.41) is 30.7. The number of rotatable bonds is 2. The van der Waals surface area contributed by atoms with Crippen LogP contribution in [0.25, 0.3) is 0 Å². The van der Waals surface area contributed by atoms with E-state index in [1.807, 2.05) is 0 Å². The molecule has 1 saturated heterocycles. The van der Waals surface area contributed by atoms with Gasteiger partial charge >= 0.3 is 0 Å². The van der Waals surface area contributed by atoms with Crippen LogP contribution >= 0.6 is 0 Å². The van der Waals surface area contributed by atoms with E-state index >= 15 is 0 Å². The first kappa shape index (κ1) is 11.3. The lowest BCUT2D eigenvalue weighted by molar-refractivity contribution is -0.125. The Morgan fingerprint density at radius 2 is 2.31 bits per heavy atom. The highest BCUT2D eigenvalue weighted by atomic mass is 16.7. The highest BCUT2D eigenvalue weighted by molar-refractivity contribution is 5.75. The Bertz CT molecular complexity index is 306. The molecule has 0 amide bonds. The fourth-order valence-electron chi connectivity index (χ4n) is 1.51. The molecule has 90 valence electrons. The second-order valence-corrected chi connectivity index (χ2v) is 3.52. The number of hydrogen-bond donors (Lipinski definition) is 4. The molecule has 7 heteroatoms. The number of aliphatic imine (C=N–C) groups is 1. The molecular weight excluding hydrogens is 216 g/mol. The van der Waals surface area contributed by atoms with E-state index < -0.39 is 24.6 Å². The molecule has 0 bridgehead atoms. The van der Waals surface area contributed by atoms with Crippen molar-refractivity contribution in [3.8, 4) is 0 Å². The van der Waals surface area contributed by atoms with E-state index in [2.05, 4.69) is 10.3 Å². The van der Waals surface area contributed by atoms with Crippen molar-refractivity contribution in [3.05, 3.63) is 12.3 Å². The van der Waals surface area contributed by atoms with Crippen LogP contribution in [0, 0.1) is 0 Å². The van der Waals surface area contributed by atoms with E-state index in [1.165, 1.54) is 0 Å². The van der Waals surface area contributed by atoms with Gasteiger partial charge in [0, 0.05) is 12.7 Å². The van der Waals surface area contributed by atoms with Crippen molar-refractivity contribution in [2.24, 2.45) is 4.99 Å². The predicted molar refractivity (Wildman–Crippen MR) is 53.4 cm³/mol. The van der Waals surface area contributed by atoms with Crippen molar-refractivity contribution < 1.29 is 24.8 Å². The number of nitrogens with one attached hydrogen (secondary N) is 1. The van der Waals surface area contributed by atoms with Gasteiger partial charge in [0.25, 0.3) is 6.02 Å². The van der Waals surface area contributed by atoms with E-state index in [0.717, 1.165) is 0 Å². The number of ether oxygens (including phenoxy) is 2. The lowest BCUT2D eigenvalue weighted by Gasteiger charge is -2.19. The van der Waals surface area contributed by atoms with E-state index in [4.69, 9.17) is 14.6 Å². The van der Waals surface area contributed by atoms with Gasteiger partial charge in [-0.3, -0.25) is 0 Å². The van der Waals surface area contributed by atoms with Crippen molar-refractivity contribution in [2.45, 2.75) is 24.6 Å². The van der Waals surface area contributed by atoms with Gasteiger partial charge in [0.05, 0.1) is 6.61 Å². The van der Waals surface area contributed by atoms with Gasteiger partial charge in [0.2, 0.25) is 6.29 Å². The third kappa shape index (κ3) is 2.17. The summed E-state index contributed by atoms with van der Waals surface area (Å²) >= 11 is 0. The maximum atomic E-state index is 9.58. The molecule has 7 nitrogen and oxygen atoms in total. The monoisotopic (exact) mass is 230 g/mol. The quantitative estimate of drug-likeness (QED) is 0.434. The molecule has 0 aromatic carbocycles. The van der Waals surface area contributed by atoms with Gasteiger partial charge in [-0.15, -0.1) is 0 Å². The van der Waals surface area contributed by atoms with Crippen LogP contribution in [0.15, 0.2) is 17.3 Å². The summed E-state index contributed by atoms with van der Waals surface area (Å²) < 4.78 is 10.3. The minimum atomic E-state index is -1.20. The average Bonchev–Trinajstić information content (AvgIpc) is 2.58. The predicted octanol–water partition coefficient (Wildman–Crippen LogP) is -2.09. The third-order valence-electron chi connectivity index (χ3n) is 2.39. The second-order valence-electron chi connectivity index (χ2n) is 3.52. The van der Waals surface area contributed by atoms with Gasteiger partial charge in [0.1, 0.15) is 18.3 Å². The Morgan fingerprint density at radius 1 is 1.50 bits per heavy atom. The van der Waals surface area contributed by atoms with Gasteiger partial charge in [-0.25, -0.2) is 4.99 Å². The first-order valence-electron chi connectivity index (χ1n) is 4.98. The van der Waals surface area contributed by atoms with E-state index in [9.17, 15) is 10.2 Å². The molecule has 0 saturated carbocycles. The maximum Gasteiger partial charge on any atom is 0.291 e. The van der Waals surface area contributed by atoms with E-state index in [1.54, 1.807) is 12.3 Å². The molecule has 2 rings (SSSR count). The molecule has 4 atom stereocenters. The summed E-state index contributed by atoms with van der Waals surface area (Å²) in [6.45, 7) is 0.200. The molecule has 16 heavy (non-hydrogen) atoms. The normalized spacial score (nSPS) is 38.1. The van der Waals surface area contributed by atoms with Gasteiger partial charge in [-0.1, -0.05) is 0 Å². The van der Waals surface area contributed by atoms with E-state index in [-0.39, 0.29) is 12.6 Å². The Hall–Kier alpha value is -1.15. The number of amidine groups is 1. The minimum absolute atomic E-state index is 0.220. The molecule has 1 fully saturated rings. The lowest BCUT2D eigenvalue weighted by Crippen LogP contribution is -2.38. The van der Waals surface area contributed by atoms with Crippen LogP contribution in [0.2, 0.25) is 0 Å². The molecule has 4 N–H and O–H groups in total. The Balaban J connectivity index is 1.95. The molecule has 0 spiro atoms. The first-order chi connectivity index (χ1) is 7.72. The van der Waals surface area contributed by atoms with Crippen LogP contribution in [0.1, 0.15) is 0 Å². The second kappa shape index (κ2) is 4.79. The van der Waals surface area contributed by atoms with Gasteiger partial charge in [-0.2, -0.15) is 0 Å². The van der Waals surface area contributed by atoms with Gasteiger partial charge in [0.15, 0.2) is 0 Å². The van der Waals surface area contributed by atoms with Gasteiger partial charge in [-0.05, 0) is 6.08 Å². The van der Waals surface area contributed by atoms with Crippen LogP contribution in [0.4, 0.5) is 0 Å². The van der Waals surface area contributed by atoms with Crippen molar-refractivity contribution in [1.29, 1.82) is 0 Å². The van der Waals surface area contributed by atoms with Crippen molar-refractivity contribution in [1.82, 2.24) is 5.32 Å². The topological polar surface area (TPSA) is 104 Å². The molecule has 1 unspecified atom stereocenters. The maximum absolute atomic E-state index is 9.58. The summed E-state index contributed by atoms with van der Waals surface area (Å²) in [5.74, 6) is 0. The fourth-order valence-corrected chi connectivity index (χ4v) is 1.51. The average molecular weight is 230 g/mol. The molecule has 0 aliphatic carbocycles. The van der Waals surface area contributed by atoms with Crippen LogP contribution in [-0.2, 0) is 9.47 Å². The number of aliphatic hydroxyl groups excluding tert-OH is 3. The number of aliphatic hydroxyl groups is 3. The Morgan fingerprint density at radius 3 is 2.88 bits per heavy atom. The van der Waals surface area contributed by atoms with E-state index in [0.29, 0.717) is 6.54 Å². The first-order valence-corrected chi connectivity index (χ1v) is 4.98. The van der Waals surface area contributed by atoms with Crippen LogP contribution in [-0.4, -0.2) is 59.1 Å². The highest BCUT2D eigenvalue weighted by Crippen LogP contribution is 2.22. The summed E-state index contributed by atoms with van der Waals surface area (Å²) in [6.07, 6.45) is -0.857. The minimum Gasteiger partial charge on any atom is -0.432 e. The molecule has 2 heterocycles. The summed E-state index contributed by atoms with van der Waals surface area (Å²) in [5.41, 5.74) is 0. The SMILES string of the molecule is OC[C@H]1OC(OC2=NC=CCN2)[C@H](O)[C@@H]1O. The van der Waals surface area contributed by atoms with Crippen molar-refractivity contribution >= 4 is 6.02 Å². The third-order valence-corrected chi connectivity index (χ3v) is 2.39. The summed E-state index contributed by atoms with van der Waals surface area (Å²) in [6, 6.07) is 0.220. The molecule has 0 aromatic rings. The molecule has 0 radical (unpaired) electrons. The summed E-state index contributed by atoms with van der Waals surface area (Å²) in [4.78, 5) is 3.87. The fraction of sp³-hybridized carbons (Fsp3) is 0.667. The van der Waals surface area contributed by atoms with Crippen LogP contribution in [0.5, 0.6) is 0 Å². The number of hydrogen-bond acceptors (Lipinski definition) is 7. The van der Waals surface area contributed by atoms with Crippen LogP contribution < -0.4 is 5.32 Å². The van der Waals surface area contributed by atoms with Crippen molar-refractivity contribution in [3.63, 3.8) is 0 Å². The zero-order chi connectivity index (χ0) is 11.5. The standard InChI is InChI=1S/C9H14N2O5/c12-4-5-6(13)7(14)8(15-5)16-9-10-2-1-3-11-9/h1-2,5-8,12-14H,3-4H2,(H,10,11)/t5-,6-,7-,8?/m1/s1. The lowest BCUT2D eigenvalue weighted by atomic mass is 10.1. The zero-order valence-electron chi connectivity index (χ0n) is 8.48. The molecule has 2 aliphatic rings. The van der Waals surface area contributed by atoms with Gasteiger partial charge < -0.3 is 30.1 Å². The molecule has 2 aliphatic heterocycles. The number of nitrogens with zero attached hydrogens (tertiary/aromatic N) is 1. The van der Waals surface area contributed by atoms with Crippen LogP contribution in [0.3, 0.4) is 0 Å².